The molecule has 4 aromatic heterocycles. The molecule has 0 aromatic carbocycles. The summed E-state index contributed by atoms with van der Waals surface area (Å²) in [6.07, 6.45) is 0. The SMILES string of the molecule is Cc1cc(O)n(-c2csc(Sc3nc(-n4nc(C)cc4O)cs3)n2)n1.[Pt]. The van der Waals surface area contributed by atoms with Crippen LogP contribution in [0.3, 0.4) is 0 Å². The Balaban J connectivity index is 0.00000196. The van der Waals surface area contributed by atoms with Gasteiger partial charge in [-0.3, -0.25) is 0 Å². The fourth-order valence-corrected chi connectivity index (χ4v) is 4.91. The molecule has 0 unspecified atom stereocenters. The van der Waals surface area contributed by atoms with Crippen molar-refractivity contribution in [3.05, 3.63) is 34.3 Å². The molecular formula is C14H12N6O2PtS3. The third-order valence-electron chi connectivity index (χ3n) is 3.18. The van der Waals surface area contributed by atoms with E-state index in [4.69, 9.17) is 0 Å². The van der Waals surface area contributed by atoms with Crippen LogP contribution in [-0.4, -0.2) is 39.7 Å². The Morgan fingerprint density at radius 2 is 1.27 bits per heavy atom. The van der Waals surface area contributed by atoms with Crippen molar-refractivity contribution in [2.45, 2.75) is 22.5 Å². The Hall–Kier alpha value is -1.68. The maximum Gasteiger partial charge on any atom is 0.215 e. The Morgan fingerprint density at radius 3 is 1.62 bits per heavy atom. The van der Waals surface area contributed by atoms with E-state index in [9.17, 15) is 10.2 Å². The summed E-state index contributed by atoms with van der Waals surface area (Å²) in [5.74, 6) is 1.24. The molecule has 4 aromatic rings. The van der Waals surface area contributed by atoms with E-state index in [1.54, 1.807) is 12.1 Å². The van der Waals surface area contributed by atoms with Crippen LogP contribution in [0.4, 0.5) is 0 Å². The van der Waals surface area contributed by atoms with Gasteiger partial charge in [-0.1, -0.05) is 0 Å². The molecule has 0 spiro atoms. The normalized spacial score (nSPS) is 10.8. The molecule has 0 saturated heterocycles. The second kappa shape index (κ2) is 7.51. The van der Waals surface area contributed by atoms with Crippen molar-refractivity contribution in [2.24, 2.45) is 0 Å². The fourth-order valence-electron chi connectivity index (χ4n) is 2.17. The molecule has 0 aliphatic heterocycles. The predicted octanol–water partition coefficient (Wildman–Crippen LogP) is 3.15. The first kappa shape index (κ1) is 19.1. The molecular weight excluding hydrogens is 575 g/mol. The molecule has 0 bridgehead atoms. The predicted molar refractivity (Wildman–Crippen MR) is 95.4 cm³/mol. The van der Waals surface area contributed by atoms with Gasteiger partial charge in [0.25, 0.3) is 0 Å². The van der Waals surface area contributed by atoms with Gasteiger partial charge in [0.1, 0.15) is 0 Å². The van der Waals surface area contributed by atoms with Crippen LogP contribution in [0.5, 0.6) is 11.8 Å². The summed E-state index contributed by atoms with van der Waals surface area (Å²) < 4.78 is 4.36. The van der Waals surface area contributed by atoms with Crippen LogP contribution in [-0.2, 0) is 21.1 Å². The van der Waals surface area contributed by atoms with Crippen molar-refractivity contribution in [1.82, 2.24) is 29.5 Å². The first-order valence-electron chi connectivity index (χ1n) is 7.10. The van der Waals surface area contributed by atoms with Gasteiger partial charge in [0.15, 0.2) is 20.3 Å². The molecule has 138 valence electrons. The van der Waals surface area contributed by atoms with Crippen LogP contribution < -0.4 is 0 Å². The van der Waals surface area contributed by atoms with Gasteiger partial charge >= 0.3 is 0 Å². The summed E-state index contributed by atoms with van der Waals surface area (Å²) in [5, 5.41) is 31.8. The second-order valence-corrected chi connectivity index (χ2v) is 8.37. The van der Waals surface area contributed by atoms with Crippen molar-refractivity contribution in [3.8, 4) is 23.4 Å². The molecule has 4 rings (SSSR count). The molecule has 0 saturated carbocycles. The maximum absolute atomic E-state index is 9.86. The average molecular weight is 588 g/mol. The van der Waals surface area contributed by atoms with E-state index in [0.29, 0.717) is 11.6 Å². The number of aryl methyl sites for hydroxylation is 2. The molecule has 26 heavy (non-hydrogen) atoms. The van der Waals surface area contributed by atoms with Crippen LogP contribution in [0.25, 0.3) is 11.6 Å². The zero-order valence-electron chi connectivity index (χ0n) is 13.4. The van der Waals surface area contributed by atoms with Gasteiger partial charge in [-0.15, -0.1) is 22.7 Å². The minimum absolute atomic E-state index is 0. The van der Waals surface area contributed by atoms with Crippen molar-refractivity contribution in [2.75, 3.05) is 0 Å². The third-order valence-corrected chi connectivity index (χ3v) is 6.03. The van der Waals surface area contributed by atoms with Crippen LogP contribution in [0.1, 0.15) is 11.4 Å². The zero-order valence-corrected chi connectivity index (χ0v) is 18.1. The van der Waals surface area contributed by atoms with Crippen LogP contribution in [0.15, 0.2) is 31.6 Å². The number of aromatic hydroxyl groups is 2. The van der Waals surface area contributed by atoms with Gasteiger partial charge < -0.3 is 10.2 Å². The topological polar surface area (TPSA) is 102 Å². The van der Waals surface area contributed by atoms with Gasteiger partial charge in [-0.2, -0.15) is 19.6 Å². The summed E-state index contributed by atoms with van der Waals surface area (Å²) in [4.78, 5) is 8.94. The van der Waals surface area contributed by atoms with Crippen molar-refractivity contribution in [1.29, 1.82) is 0 Å². The van der Waals surface area contributed by atoms with E-state index in [2.05, 4.69) is 20.2 Å². The standard InChI is InChI=1S/C14H12N6O2S3.Pt/c1-7-3-11(21)19(17-7)9-5-23-13(15-9)25-14-16-10(6-24-14)20-12(22)4-8(2)18-20;/h3-6,21-22H,1-2H3;. The second-order valence-electron chi connectivity index (χ2n) is 5.16. The average Bonchev–Trinajstić information content (AvgIpc) is 3.29. The molecule has 2 N–H and O–H groups in total. The van der Waals surface area contributed by atoms with E-state index < -0.39 is 0 Å². The molecule has 0 aliphatic carbocycles. The van der Waals surface area contributed by atoms with Crippen molar-refractivity contribution < 1.29 is 31.3 Å². The minimum atomic E-state index is 0. The van der Waals surface area contributed by atoms with Crippen LogP contribution >= 0.6 is 34.4 Å². The molecule has 4 heterocycles. The first-order chi connectivity index (χ1) is 12.0. The summed E-state index contributed by atoms with van der Waals surface area (Å²) in [6, 6.07) is 3.16. The van der Waals surface area contributed by atoms with Gasteiger partial charge in [-0.25, -0.2) is 9.97 Å². The molecule has 0 aliphatic rings. The molecule has 8 nitrogen and oxygen atoms in total. The third kappa shape index (κ3) is 3.71. The Morgan fingerprint density at radius 1 is 0.846 bits per heavy atom. The summed E-state index contributed by atoms with van der Waals surface area (Å²) >= 11 is 4.30. The number of rotatable bonds is 4. The smallest absolute Gasteiger partial charge is 0.215 e. The largest absolute Gasteiger partial charge is 0.493 e. The maximum atomic E-state index is 9.86. The molecule has 0 fully saturated rings. The minimum Gasteiger partial charge on any atom is -0.493 e. The Kier molecular flexibility index (Phi) is 5.52. The fraction of sp³-hybridized carbons (Fsp3) is 0.143. The van der Waals surface area contributed by atoms with Gasteiger partial charge in [-0.05, 0) is 25.6 Å². The van der Waals surface area contributed by atoms with Crippen LogP contribution in [0, 0.1) is 13.8 Å². The number of aromatic nitrogens is 6. The first-order valence-corrected chi connectivity index (χ1v) is 9.68. The number of thiazole rings is 2. The number of nitrogens with zero attached hydrogens (tertiary/aromatic N) is 6. The quantitative estimate of drug-likeness (QED) is 0.378. The summed E-state index contributed by atoms with van der Waals surface area (Å²) in [7, 11) is 0. The monoisotopic (exact) mass is 587 g/mol. The van der Waals surface area contributed by atoms with Gasteiger partial charge in [0.05, 0.1) is 11.4 Å². The molecule has 0 amide bonds. The summed E-state index contributed by atoms with van der Waals surface area (Å²) in [6.45, 7) is 3.61. The number of hydrogen-bond donors (Lipinski definition) is 2. The van der Waals surface area contributed by atoms with Gasteiger partial charge in [0, 0.05) is 44.0 Å². The molecule has 12 heteroatoms. The molecule has 0 atom stereocenters. The van der Waals surface area contributed by atoms with Crippen LogP contribution in [0.2, 0.25) is 0 Å². The van der Waals surface area contributed by atoms with E-state index in [0.717, 1.165) is 20.1 Å². The van der Waals surface area contributed by atoms with Crippen molar-refractivity contribution >= 4 is 34.4 Å². The van der Waals surface area contributed by atoms with Gasteiger partial charge in [0.2, 0.25) is 11.8 Å². The van der Waals surface area contributed by atoms with E-state index >= 15 is 0 Å². The molecule has 0 radical (unpaired) electrons. The Bertz CT molecular complexity index is 971. The zero-order chi connectivity index (χ0) is 17.6. The van der Waals surface area contributed by atoms with Crippen molar-refractivity contribution in [3.63, 3.8) is 0 Å². The number of hydrogen-bond acceptors (Lipinski definition) is 9. The Labute approximate surface area is 174 Å². The van der Waals surface area contributed by atoms with E-state index in [-0.39, 0.29) is 32.8 Å². The summed E-state index contributed by atoms with van der Waals surface area (Å²) in [5.41, 5.74) is 1.44. The van der Waals surface area contributed by atoms with E-state index in [1.165, 1.54) is 43.8 Å². The van der Waals surface area contributed by atoms with E-state index in [1.807, 2.05) is 24.6 Å².